The van der Waals surface area contributed by atoms with E-state index in [1.807, 2.05) is 6.07 Å². The highest BCUT2D eigenvalue weighted by Gasteiger charge is 2.18. The molecule has 1 aromatic carbocycles. The zero-order chi connectivity index (χ0) is 14.6. The number of benzene rings is 1. The van der Waals surface area contributed by atoms with Gasteiger partial charge in [0, 0.05) is 12.8 Å². The van der Waals surface area contributed by atoms with E-state index in [2.05, 4.69) is 4.72 Å². The van der Waals surface area contributed by atoms with E-state index in [1.54, 1.807) is 25.3 Å². The van der Waals surface area contributed by atoms with Crippen molar-refractivity contribution in [3.8, 4) is 0 Å². The Morgan fingerprint density at radius 1 is 1.30 bits per heavy atom. The van der Waals surface area contributed by atoms with E-state index in [4.69, 9.17) is 14.9 Å². The van der Waals surface area contributed by atoms with Crippen LogP contribution >= 0.6 is 0 Å². The second-order valence-corrected chi connectivity index (χ2v) is 5.78. The van der Waals surface area contributed by atoms with Crippen LogP contribution in [0.4, 0.5) is 5.69 Å². The van der Waals surface area contributed by atoms with Crippen LogP contribution in [0.25, 0.3) is 0 Å². The summed E-state index contributed by atoms with van der Waals surface area (Å²) in [4.78, 5) is 0. The molecule has 1 aromatic heterocycles. The van der Waals surface area contributed by atoms with Crippen LogP contribution in [-0.2, 0) is 27.9 Å². The smallest absolute Gasteiger partial charge is 0.295 e. The molecule has 7 heteroatoms. The Hall–Kier alpha value is -1.83. The number of furan rings is 1. The fourth-order valence-corrected chi connectivity index (χ4v) is 2.71. The van der Waals surface area contributed by atoms with Crippen LogP contribution in [-0.4, -0.2) is 15.5 Å². The van der Waals surface area contributed by atoms with Gasteiger partial charge in [0.05, 0.1) is 13.2 Å². The van der Waals surface area contributed by atoms with Crippen LogP contribution in [0.1, 0.15) is 11.3 Å². The summed E-state index contributed by atoms with van der Waals surface area (Å²) < 4.78 is 36.9. The van der Waals surface area contributed by atoms with Crippen molar-refractivity contribution in [1.29, 1.82) is 0 Å². The molecule has 2 aromatic rings. The summed E-state index contributed by atoms with van der Waals surface area (Å²) in [5, 5.41) is -0.157. The minimum atomic E-state index is -3.75. The molecule has 3 N–H and O–H groups in total. The maximum absolute atomic E-state index is 12.1. The van der Waals surface area contributed by atoms with E-state index in [0.29, 0.717) is 18.1 Å². The summed E-state index contributed by atoms with van der Waals surface area (Å²) >= 11 is 0. The molecule has 0 fully saturated rings. The number of hydrogen-bond donors (Lipinski definition) is 2. The number of sulfonamides is 1. The van der Waals surface area contributed by atoms with Crippen molar-refractivity contribution in [2.45, 2.75) is 18.2 Å². The quantitative estimate of drug-likeness (QED) is 0.845. The topological polar surface area (TPSA) is 94.6 Å². The summed E-state index contributed by atoms with van der Waals surface area (Å²) in [5.41, 5.74) is 6.71. The average molecular weight is 296 g/mol. The average Bonchev–Trinajstić information content (AvgIpc) is 2.88. The van der Waals surface area contributed by atoms with Gasteiger partial charge in [0.15, 0.2) is 0 Å². The highest BCUT2D eigenvalue weighted by Crippen LogP contribution is 2.19. The van der Waals surface area contributed by atoms with E-state index in [0.717, 1.165) is 5.56 Å². The Balaban J connectivity index is 2.21. The van der Waals surface area contributed by atoms with Crippen molar-refractivity contribution >= 4 is 15.7 Å². The van der Waals surface area contributed by atoms with Gasteiger partial charge in [-0.25, -0.2) is 0 Å². The standard InChI is InChI=1S/C13H16N2O4S/c1-18-9-10-3-2-4-11(7-10)15-20(16,17)13-6-5-12(8-14)19-13/h2-7,15H,8-9,14H2,1H3. The van der Waals surface area contributed by atoms with Crippen molar-refractivity contribution in [2.24, 2.45) is 5.73 Å². The van der Waals surface area contributed by atoms with Crippen molar-refractivity contribution in [3.05, 3.63) is 47.7 Å². The third-order valence-electron chi connectivity index (χ3n) is 2.59. The molecular formula is C13H16N2O4S. The molecular weight excluding hydrogens is 280 g/mol. The molecule has 0 spiro atoms. The second-order valence-electron chi connectivity index (χ2n) is 4.16. The first-order chi connectivity index (χ1) is 9.55. The Kier molecular flexibility index (Phi) is 4.43. The number of rotatable bonds is 6. The molecule has 1 heterocycles. The predicted octanol–water partition coefficient (Wildman–Crippen LogP) is 1.69. The Morgan fingerprint density at radius 3 is 2.75 bits per heavy atom. The molecule has 0 radical (unpaired) electrons. The van der Waals surface area contributed by atoms with Crippen LogP contribution in [0, 0.1) is 0 Å². The molecule has 0 aliphatic rings. The van der Waals surface area contributed by atoms with E-state index in [-0.39, 0.29) is 11.6 Å². The van der Waals surface area contributed by atoms with Crippen LogP contribution in [0.5, 0.6) is 0 Å². The molecule has 0 saturated heterocycles. The highest BCUT2D eigenvalue weighted by atomic mass is 32.2. The Morgan fingerprint density at radius 2 is 2.10 bits per heavy atom. The molecule has 0 unspecified atom stereocenters. The van der Waals surface area contributed by atoms with Gasteiger partial charge in [0.2, 0.25) is 5.09 Å². The number of anilines is 1. The normalized spacial score (nSPS) is 11.5. The first-order valence-corrected chi connectivity index (χ1v) is 7.43. The molecule has 0 bridgehead atoms. The number of hydrogen-bond acceptors (Lipinski definition) is 5. The zero-order valence-electron chi connectivity index (χ0n) is 11.0. The molecule has 0 amide bonds. The molecule has 108 valence electrons. The van der Waals surface area contributed by atoms with Crippen LogP contribution < -0.4 is 10.5 Å². The van der Waals surface area contributed by atoms with Gasteiger partial charge in [0.25, 0.3) is 10.0 Å². The number of nitrogens with one attached hydrogen (secondary N) is 1. The number of nitrogens with two attached hydrogens (primary N) is 1. The van der Waals surface area contributed by atoms with Crippen molar-refractivity contribution in [3.63, 3.8) is 0 Å². The van der Waals surface area contributed by atoms with Crippen molar-refractivity contribution in [2.75, 3.05) is 11.8 Å². The van der Waals surface area contributed by atoms with E-state index in [1.165, 1.54) is 12.1 Å². The molecule has 0 atom stereocenters. The maximum atomic E-state index is 12.1. The Bertz CT molecular complexity index is 679. The molecule has 0 aliphatic carbocycles. The molecule has 2 rings (SSSR count). The molecule has 0 saturated carbocycles. The van der Waals surface area contributed by atoms with E-state index >= 15 is 0 Å². The van der Waals surface area contributed by atoms with Crippen LogP contribution in [0.15, 0.2) is 45.9 Å². The van der Waals surface area contributed by atoms with Gasteiger partial charge in [-0.1, -0.05) is 12.1 Å². The summed E-state index contributed by atoms with van der Waals surface area (Å²) in [5.74, 6) is 0.415. The van der Waals surface area contributed by atoms with Crippen molar-refractivity contribution < 1.29 is 17.6 Å². The zero-order valence-corrected chi connectivity index (χ0v) is 11.8. The van der Waals surface area contributed by atoms with Gasteiger partial charge in [0.1, 0.15) is 5.76 Å². The SMILES string of the molecule is COCc1cccc(NS(=O)(=O)c2ccc(CN)o2)c1. The van der Waals surface area contributed by atoms with E-state index in [9.17, 15) is 8.42 Å². The predicted molar refractivity (Wildman–Crippen MR) is 74.6 cm³/mol. The Labute approximate surface area is 117 Å². The van der Waals surface area contributed by atoms with Gasteiger partial charge >= 0.3 is 0 Å². The lowest BCUT2D eigenvalue weighted by Gasteiger charge is -2.07. The lowest BCUT2D eigenvalue weighted by Crippen LogP contribution is -2.12. The largest absolute Gasteiger partial charge is 0.446 e. The lowest BCUT2D eigenvalue weighted by molar-refractivity contribution is 0.185. The fraction of sp³-hybridized carbons (Fsp3) is 0.231. The summed E-state index contributed by atoms with van der Waals surface area (Å²) in [6.45, 7) is 0.562. The summed E-state index contributed by atoms with van der Waals surface area (Å²) in [7, 11) is -2.17. The summed E-state index contributed by atoms with van der Waals surface area (Å²) in [6.07, 6.45) is 0. The van der Waals surface area contributed by atoms with Crippen molar-refractivity contribution in [1.82, 2.24) is 0 Å². The second kappa shape index (κ2) is 6.08. The van der Waals surface area contributed by atoms with Gasteiger partial charge in [-0.15, -0.1) is 0 Å². The minimum absolute atomic E-state index is 0.152. The van der Waals surface area contributed by atoms with E-state index < -0.39 is 10.0 Å². The maximum Gasteiger partial charge on any atom is 0.295 e. The molecule has 6 nitrogen and oxygen atoms in total. The fourth-order valence-electron chi connectivity index (χ4n) is 1.71. The lowest BCUT2D eigenvalue weighted by atomic mass is 10.2. The van der Waals surface area contributed by atoms with Crippen LogP contribution in [0.3, 0.4) is 0 Å². The van der Waals surface area contributed by atoms with Gasteiger partial charge in [-0.3, -0.25) is 4.72 Å². The molecule has 20 heavy (non-hydrogen) atoms. The third kappa shape index (κ3) is 3.38. The summed E-state index contributed by atoms with van der Waals surface area (Å²) in [6, 6.07) is 9.87. The highest BCUT2D eigenvalue weighted by molar-refractivity contribution is 7.92. The van der Waals surface area contributed by atoms with Crippen LogP contribution in [0.2, 0.25) is 0 Å². The monoisotopic (exact) mass is 296 g/mol. The first kappa shape index (κ1) is 14.6. The minimum Gasteiger partial charge on any atom is -0.446 e. The van der Waals surface area contributed by atoms with Gasteiger partial charge in [-0.05, 0) is 29.8 Å². The molecule has 0 aliphatic heterocycles. The third-order valence-corrected chi connectivity index (χ3v) is 3.85. The van der Waals surface area contributed by atoms with Gasteiger partial charge in [-0.2, -0.15) is 8.42 Å². The van der Waals surface area contributed by atoms with Gasteiger partial charge < -0.3 is 14.9 Å². The number of ether oxygens (including phenoxy) is 1. The first-order valence-electron chi connectivity index (χ1n) is 5.94. The number of methoxy groups -OCH3 is 1.